The molecule has 0 aromatic carbocycles. The quantitative estimate of drug-likeness (QED) is 0.549. The van der Waals surface area contributed by atoms with Gasteiger partial charge in [0.15, 0.2) is 0 Å². The zero-order valence-corrected chi connectivity index (χ0v) is 11.0. The van der Waals surface area contributed by atoms with Gasteiger partial charge in [-0.2, -0.15) is 0 Å². The summed E-state index contributed by atoms with van der Waals surface area (Å²) in [4.78, 5) is 4.98. The van der Waals surface area contributed by atoms with Crippen LogP contribution in [0.15, 0.2) is 0 Å². The van der Waals surface area contributed by atoms with Gasteiger partial charge in [-0.05, 0) is 0 Å². The van der Waals surface area contributed by atoms with Crippen molar-refractivity contribution in [2.75, 3.05) is 0 Å². The standard InChI is InChI=1S/C4H9.2CH3.HI.Sn/c1-3-4-2;;;;/h1,3-4H2,2H3;2*1H3;1H;/q;;;;+1/p-1. The van der Waals surface area contributed by atoms with E-state index in [0.717, 1.165) is 0 Å². The fourth-order valence-electron chi connectivity index (χ4n) is 0.597. The van der Waals surface area contributed by atoms with Crippen LogP contribution in [0.3, 0.4) is 0 Å². The van der Waals surface area contributed by atoms with Crippen LogP contribution in [0, 0.1) is 0 Å². The van der Waals surface area contributed by atoms with E-state index in [1.165, 1.54) is 12.8 Å². The normalized spacial score (nSPS) is 12.0. The number of halogens is 1. The fourth-order valence-corrected chi connectivity index (χ4v) is 6.56. The molecule has 50 valence electrons. The van der Waals surface area contributed by atoms with Crippen LogP contribution in [0.5, 0.6) is 0 Å². The summed E-state index contributed by atoms with van der Waals surface area (Å²) in [6, 6.07) is 0. The van der Waals surface area contributed by atoms with Gasteiger partial charge in [-0.15, -0.1) is 0 Å². The third-order valence-electron chi connectivity index (χ3n) is 1.12. The first kappa shape index (κ1) is 9.53. The summed E-state index contributed by atoms with van der Waals surface area (Å²) in [5, 5.41) is 0. The number of unbranched alkanes of at least 4 members (excludes halogenated alkanes) is 1. The second-order valence-corrected chi connectivity index (χ2v) is 33.6. The Bertz CT molecular complexity index is 56.0. The SMILES string of the molecule is CCC[CH2][Sn]([CH3])([CH3])[I]. The van der Waals surface area contributed by atoms with Gasteiger partial charge in [-0.25, -0.2) is 0 Å². The minimum atomic E-state index is -1.34. The summed E-state index contributed by atoms with van der Waals surface area (Å²) >= 11 is 1.37. The Hall–Kier alpha value is 1.53. The van der Waals surface area contributed by atoms with E-state index in [9.17, 15) is 0 Å². The molecule has 0 aliphatic rings. The Balaban J connectivity index is 3.11. The molecule has 0 unspecified atom stereocenters. The summed E-state index contributed by atoms with van der Waals surface area (Å²) in [5.74, 6) is 0. The van der Waals surface area contributed by atoms with Crippen LogP contribution in [-0.2, 0) is 0 Å². The zero-order chi connectivity index (χ0) is 6.62. The predicted octanol–water partition coefficient (Wildman–Crippen LogP) is 3.43. The molecule has 0 aromatic rings. The fraction of sp³-hybridized carbons (Fsp3) is 1.00. The molecular weight excluding hydrogens is 318 g/mol. The molecule has 0 rings (SSSR count). The Kier molecular flexibility index (Phi) is 5.19. The van der Waals surface area contributed by atoms with E-state index < -0.39 is 14.4 Å². The minimum absolute atomic E-state index is 1.34. The maximum absolute atomic E-state index is 2.71. The average Bonchev–Trinajstić information content (AvgIpc) is 1.59. The van der Waals surface area contributed by atoms with Gasteiger partial charge < -0.3 is 0 Å². The van der Waals surface area contributed by atoms with E-state index in [2.05, 4.69) is 35.4 Å². The van der Waals surface area contributed by atoms with Crippen LogP contribution >= 0.6 is 18.6 Å². The molecular formula is C6H15ISn. The van der Waals surface area contributed by atoms with Crippen molar-refractivity contribution >= 4 is 33.0 Å². The molecule has 8 heavy (non-hydrogen) atoms. The van der Waals surface area contributed by atoms with E-state index in [-0.39, 0.29) is 0 Å². The van der Waals surface area contributed by atoms with E-state index in [0.29, 0.717) is 0 Å². The summed E-state index contributed by atoms with van der Waals surface area (Å²) in [6.07, 6.45) is 2.84. The second-order valence-electron chi connectivity index (χ2n) is 2.82. The number of rotatable bonds is 3. The van der Waals surface area contributed by atoms with Crippen molar-refractivity contribution < 1.29 is 0 Å². The Labute approximate surface area is 66.5 Å². The molecule has 0 spiro atoms. The van der Waals surface area contributed by atoms with Crippen molar-refractivity contribution in [2.45, 2.75) is 34.1 Å². The summed E-state index contributed by atoms with van der Waals surface area (Å²) < 4.78 is 1.56. The van der Waals surface area contributed by atoms with Crippen molar-refractivity contribution in [1.82, 2.24) is 0 Å². The third kappa shape index (κ3) is 7.53. The van der Waals surface area contributed by atoms with Crippen LogP contribution in [0.25, 0.3) is 0 Å². The van der Waals surface area contributed by atoms with E-state index in [1.54, 1.807) is 4.44 Å². The van der Waals surface area contributed by atoms with E-state index in [4.69, 9.17) is 0 Å². The second kappa shape index (κ2) is 4.36. The number of hydrogen-bond acceptors (Lipinski definition) is 0. The van der Waals surface area contributed by atoms with Gasteiger partial charge in [0, 0.05) is 0 Å². The molecule has 0 radical (unpaired) electrons. The molecule has 0 nitrogen and oxygen atoms in total. The van der Waals surface area contributed by atoms with Crippen molar-refractivity contribution in [3.8, 4) is 0 Å². The molecule has 2 heteroatoms. The van der Waals surface area contributed by atoms with Crippen LogP contribution in [-0.4, -0.2) is 14.4 Å². The number of hydrogen-bond donors (Lipinski definition) is 0. The summed E-state index contributed by atoms with van der Waals surface area (Å²) in [5.41, 5.74) is 0. The zero-order valence-electron chi connectivity index (χ0n) is 6.00. The molecule has 0 saturated carbocycles. The Morgan fingerprint density at radius 3 is 2.00 bits per heavy atom. The first-order valence-corrected chi connectivity index (χ1v) is 19.3. The van der Waals surface area contributed by atoms with Crippen molar-refractivity contribution in [3.05, 3.63) is 0 Å². The van der Waals surface area contributed by atoms with E-state index in [1.807, 2.05) is 0 Å². The molecule has 0 saturated heterocycles. The van der Waals surface area contributed by atoms with Gasteiger partial charge in [0.2, 0.25) is 0 Å². The molecule has 0 heterocycles. The Morgan fingerprint density at radius 1 is 1.38 bits per heavy atom. The van der Waals surface area contributed by atoms with Crippen LogP contribution in [0.2, 0.25) is 14.3 Å². The van der Waals surface area contributed by atoms with Gasteiger partial charge in [-0.1, -0.05) is 0 Å². The van der Waals surface area contributed by atoms with Gasteiger partial charge in [0.1, 0.15) is 0 Å². The summed E-state index contributed by atoms with van der Waals surface area (Å²) in [6.45, 7) is 2.27. The molecule has 0 N–H and O–H groups in total. The van der Waals surface area contributed by atoms with Crippen molar-refractivity contribution in [1.29, 1.82) is 0 Å². The van der Waals surface area contributed by atoms with Gasteiger partial charge in [0.25, 0.3) is 0 Å². The summed E-state index contributed by atoms with van der Waals surface area (Å²) in [7, 11) is 0. The Morgan fingerprint density at radius 2 is 1.88 bits per heavy atom. The average molecular weight is 333 g/mol. The molecule has 0 bridgehead atoms. The van der Waals surface area contributed by atoms with Gasteiger partial charge in [-0.3, -0.25) is 0 Å². The van der Waals surface area contributed by atoms with Crippen molar-refractivity contribution in [2.24, 2.45) is 0 Å². The molecule has 0 aliphatic carbocycles. The van der Waals surface area contributed by atoms with Gasteiger partial charge >= 0.3 is 67.1 Å². The first-order chi connectivity index (χ1) is 3.56. The molecule has 0 aliphatic heterocycles. The topological polar surface area (TPSA) is 0 Å². The maximum atomic E-state index is 2.71. The predicted molar refractivity (Wildman–Crippen MR) is 51.2 cm³/mol. The molecule has 0 atom stereocenters. The first-order valence-electron chi connectivity index (χ1n) is 3.25. The molecule has 0 fully saturated rings. The molecule has 0 aromatic heterocycles. The van der Waals surface area contributed by atoms with Crippen LogP contribution in [0.1, 0.15) is 19.8 Å². The van der Waals surface area contributed by atoms with Crippen LogP contribution < -0.4 is 0 Å². The monoisotopic (exact) mass is 334 g/mol. The van der Waals surface area contributed by atoms with Gasteiger partial charge in [0.05, 0.1) is 0 Å². The third-order valence-corrected chi connectivity index (χ3v) is 9.15. The van der Waals surface area contributed by atoms with Crippen LogP contribution in [0.4, 0.5) is 0 Å². The van der Waals surface area contributed by atoms with Crippen molar-refractivity contribution in [3.63, 3.8) is 0 Å². The molecule has 0 amide bonds. The van der Waals surface area contributed by atoms with E-state index >= 15 is 0 Å².